The lowest BCUT2D eigenvalue weighted by Gasteiger charge is -2.33. The predicted molar refractivity (Wildman–Crippen MR) is 127 cm³/mol. The van der Waals surface area contributed by atoms with Crippen molar-refractivity contribution < 1.29 is 33.7 Å². The number of benzene rings is 2. The van der Waals surface area contributed by atoms with Crippen LogP contribution in [0.4, 0.5) is 4.79 Å². The zero-order chi connectivity index (χ0) is 25.2. The fourth-order valence-corrected chi connectivity index (χ4v) is 5.03. The molecule has 0 spiro atoms. The van der Waals surface area contributed by atoms with E-state index in [1.165, 1.54) is 26.0 Å². The molecule has 2 unspecified atom stereocenters. The third-order valence-corrected chi connectivity index (χ3v) is 6.93. The molecule has 0 radical (unpaired) electrons. The van der Waals surface area contributed by atoms with Gasteiger partial charge in [0.15, 0.2) is 0 Å². The summed E-state index contributed by atoms with van der Waals surface area (Å²) in [4.78, 5) is 39.2. The molecule has 1 saturated heterocycles. The summed E-state index contributed by atoms with van der Waals surface area (Å²) >= 11 is 0. The van der Waals surface area contributed by atoms with Crippen molar-refractivity contribution in [2.24, 2.45) is 0 Å². The summed E-state index contributed by atoms with van der Waals surface area (Å²) in [5.41, 5.74) is 2.92. The number of fused-ring (bicyclic) bond motifs is 3. The Balaban J connectivity index is 1.45. The molecule has 2 N–H and O–H groups in total. The van der Waals surface area contributed by atoms with Gasteiger partial charge < -0.3 is 29.5 Å². The number of carboxylic acids is 1. The number of rotatable bonds is 8. The number of alkyl carbamates (subject to hydrolysis) is 1. The van der Waals surface area contributed by atoms with Gasteiger partial charge in [0.2, 0.25) is 5.91 Å². The molecule has 0 saturated carbocycles. The minimum Gasteiger partial charge on any atom is -0.480 e. The van der Waals surface area contributed by atoms with E-state index in [0.717, 1.165) is 22.3 Å². The largest absolute Gasteiger partial charge is 0.480 e. The Labute approximate surface area is 204 Å². The molecule has 9 heteroatoms. The highest BCUT2D eigenvalue weighted by Gasteiger charge is 2.51. The molecule has 3 atom stereocenters. The fourth-order valence-electron chi connectivity index (χ4n) is 5.03. The van der Waals surface area contributed by atoms with E-state index in [4.69, 9.17) is 14.2 Å². The molecular formula is C26H30N2O7. The number of likely N-dealkylation sites (tertiary alicyclic amines) is 1. The minimum atomic E-state index is -1.45. The van der Waals surface area contributed by atoms with E-state index in [2.05, 4.69) is 5.32 Å². The van der Waals surface area contributed by atoms with E-state index in [1.54, 1.807) is 0 Å². The maximum Gasteiger partial charge on any atom is 0.407 e. The first-order valence-corrected chi connectivity index (χ1v) is 11.5. The Bertz CT molecular complexity index is 1070. The molecule has 2 aliphatic rings. The Morgan fingerprint density at radius 3 is 2.23 bits per heavy atom. The number of hydrogen-bond acceptors (Lipinski definition) is 6. The molecule has 4 rings (SSSR count). The first kappa shape index (κ1) is 24.7. The van der Waals surface area contributed by atoms with Crippen molar-refractivity contribution in [2.75, 3.05) is 34.0 Å². The number of carbonyl (C=O) groups is 3. The number of ether oxygens (including phenoxy) is 3. The molecule has 1 aliphatic carbocycles. The van der Waals surface area contributed by atoms with Gasteiger partial charge in [-0.15, -0.1) is 0 Å². The van der Waals surface area contributed by atoms with E-state index in [1.807, 2.05) is 48.5 Å². The van der Waals surface area contributed by atoms with Gasteiger partial charge in [0, 0.05) is 33.1 Å². The second-order valence-corrected chi connectivity index (χ2v) is 9.07. The molecule has 1 fully saturated rings. The lowest BCUT2D eigenvalue weighted by atomic mass is 9.97. The molecule has 2 amide bonds. The fraction of sp³-hybridized carbons (Fsp3) is 0.423. The van der Waals surface area contributed by atoms with Crippen molar-refractivity contribution in [3.05, 3.63) is 59.7 Å². The van der Waals surface area contributed by atoms with Gasteiger partial charge in [-0.25, -0.2) is 9.59 Å². The molecule has 0 aromatic heterocycles. The average molecular weight is 483 g/mol. The Morgan fingerprint density at radius 2 is 1.69 bits per heavy atom. The van der Waals surface area contributed by atoms with E-state index in [-0.39, 0.29) is 32.1 Å². The molecule has 9 nitrogen and oxygen atoms in total. The van der Waals surface area contributed by atoms with Crippen molar-refractivity contribution in [1.29, 1.82) is 0 Å². The molecule has 0 bridgehead atoms. The van der Waals surface area contributed by atoms with E-state index in [9.17, 15) is 19.5 Å². The zero-order valence-corrected chi connectivity index (χ0v) is 20.0. The molecular weight excluding hydrogens is 452 g/mol. The lowest BCUT2D eigenvalue weighted by molar-refractivity contribution is -0.156. The van der Waals surface area contributed by atoms with E-state index >= 15 is 0 Å². The van der Waals surface area contributed by atoms with Crippen LogP contribution in [-0.4, -0.2) is 79.6 Å². The summed E-state index contributed by atoms with van der Waals surface area (Å²) in [6.45, 7) is 1.54. The number of nitrogens with zero attached hydrogens (tertiary/aromatic N) is 1. The Kier molecular flexibility index (Phi) is 7.09. The summed E-state index contributed by atoms with van der Waals surface area (Å²) in [6.07, 6.45) is -1.05. The molecule has 186 valence electrons. The summed E-state index contributed by atoms with van der Waals surface area (Å²) in [5, 5.41) is 12.3. The number of amides is 2. The summed E-state index contributed by atoms with van der Waals surface area (Å²) in [7, 11) is 2.88. The third-order valence-electron chi connectivity index (χ3n) is 6.93. The standard InChI is InChI=1S/C26H30N2O7/c1-26(24(30)31)12-16(34-3)13-28(26)23(29)22(15-33-2)27-25(32)35-14-21-19-10-6-4-8-17(19)18-9-5-7-11-20(18)21/h4-11,16,21-22H,12-15H2,1-3H3,(H,27,32)(H,30,31)/t16?,22-,26?/m0/s1. The highest BCUT2D eigenvalue weighted by Crippen LogP contribution is 2.44. The number of aliphatic carboxylic acids is 1. The van der Waals surface area contributed by atoms with Crippen molar-refractivity contribution in [1.82, 2.24) is 10.2 Å². The van der Waals surface area contributed by atoms with Gasteiger partial charge in [-0.2, -0.15) is 0 Å². The lowest BCUT2D eigenvalue weighted by Crippen LogP contribution is -2.58. The van der Waals surface area contributed by atoms with Crippen LogP contribution in [-0.2, 0) is 23.8 Å². The maximum atomic E-state index is 13.3. The number of carbonyl (C=O) groups excluding carboxylic acids is 2. The third kappa shape index (κ3) is 4.61. The molecule has 1 aliphatic heterocycles. The maximum absolute atomic E-state index is 13.3. The first-order valence-electron chi connectivity index (χ1n) is 11.5. The Morgan fingerprint density at radius 1 is 1.09 bits per heavy atom. The minimum absolute atomic E-state index is 0.0933. The molecule has 1 heterocycles. The second-order valence-electron chi connectivity index (χ2n) is 9.07. The highest BCUT2D eigenvalue weighted by atomic mass is 16.5. The summed E-state index contributed by atoms with van der Waals surface area (Å²) < 4.78 is 16.0. The molecule has 2 aromatic rings. The topological polar surface area (TPSA) is 114 Å². The average Bonchev–Trinajstić information content (AvgIpc) is 3.38. The number of hydrogen-bond donors (Lipinski definition) is 2. The SMILES string of the molecule is COC[C@H](NC(=O)OCC1c2ccccc2-c2ccccc21)C(=O)N1CC(OC)CC1(C)C(=O)O. The second kappa shape index (κ2) is 10.1. The van der Waals surface area contributed by atoms with E-state index in [0.29, 0.717) is 0 Å². The van der Waals surface area contributed by atoms with Crippen molar-refractivity contribution in [3.63, 3.8) is 0 Å². The number of carboxylic acid groups (broad SMARTS) is 1. The first-order chi connectivity index (χ1) is 16.8. The molecule has 2 aromatic carbocycles. The zero-order valence-electron chi connectivity index (χ0n) is 20.0. The van der Waals surface area contributed by atoms with Crippen LogP contribution in [0.2, 0.25) is 0 Å². The van der Waals surface area contributed by atoms with Crippen molar-refractivity contribution in [3.8, 4) is 11.1 Å². The summed E-state index contributed by atoms with van der Waals surface area (Å²) in [6, 6.07) is 14.9. The van der Waals surface area contributed by atoms with Crippen LogP contribution in [0.1, 0.15) is 30.4 Å². The highest BCUT2D eigenvalue weighted by molar-refractivity contribution is 5.92. The monoisotopic (exact) mass is 482 g/mol. The van der Waals surface area contributed by atoms with Gasteiger partial charge in [-0.05, 0) is 29.2 Å². The summed E-state index contributed by atoms with van der Waals surface area (Å²) in [5.74, 6) is -1.83. The normalized spacial score (nSPS) is 21.8. The predicted octanol–water partition coefficient (Wildman–Crippen LogP) is 2.63. The van der Waals surface area contributed by atoms with E-state index < -0.39 is 35.7 Å². The van der Waals surface area contributed by atoms with Crippen molar-refractivity contribution >= 4 is 18.0 Å². The molecule has 35 heavy (non-hydrogen) atoms. The van der Waals surface area contributed by atoms with Crippen molar-refractivity contribution in [2.45, 2.75) is 36.9 Å². The number of nitrogens with one attached hydrogen (secondary N) is 1. The number of methoxy groups -OCH3 is 2. The van der Waals surface area contributed by atoms with Crippen LogP contribution < -0.4 is 5.32 Å². The van der Waals surface area contributed by atoms with Gasteiger partial charge in [0.1, 0.15) is 18.2 Å². The van der Waals surface area contributed by atoms with Gasteiger partial charge in [0.25, 0.3) is 0 Å². The smallest absolute Gasteiger partial charge is 0.407 e. The van der Waals surface area contributed by atoms with Crippen LogP contribution in [0.3, 0.4) is 0 Å². The van der Waals surface area contributed by atoms with Crippen LogP contribution in [0.5, 0.6) is 0 Å². The van der Waals surface area contributed by atoms with Crippen LogP contribution in [0, 0.1) is 0 Å². The van der Waals surface area contributed by atoms with Crippen LogP contribution in [0.15, 0.2) is 48.5 Å². The van der Waals surface area contributed by atoms with Gasteiger partial charge in [-0.3, -0.25) is 4.79 Å². The van der Waals surface area contributed by atoms with Gasteiger partial charge in [0.05, 0.1) is 12.7 Å². The van der Waals surface area contributed by atoms with Gasteiger partial charge >= 0.3 is 12.1 Å². The van der Waals surface area contributed by atoms with Crippen LogP contribution in [0.25, 0.3) is 11.1 Å². The quantitative estimate of drug-likeness (QED) is 0.594. The van der Waals surface area contributed by atoms with Crippen LogP contribution >= 0.6 is 0 Å². The Hall–Kier alpha value is -3.43. The van der Waals surface area contributed by atoms with Gasteiger partial charge in [-0.1, -0.05) is 48.5 Å².